The molecule has 0 radical (unpaired) electrons. The predicted octanol–water partition coefficient (Wildman–Crippen LogP) is 1.20. The quantitative estimate of drug-likeness (QED) is 0.869. The third kappa shape index (κ3) is 3.69. The molecule has 136 valence electrons. The van der Waals surface area contributed by atoms with Gasteiger partial charge in [0.15, 0.2) is 0 Å². The number of fused-ring (bicyclic) bond motifs is 1. The summed E-state index contributed by atoms with van der Waals surface area (Å²) in [6, 6.07) is 4.75. The van der Waals surface area contributed by atoms with Crippen LogP contribution >= 0.6 is 0 Å². The normalized spacial score (nSPS) is 18.6. The Hall–Kier alpha value is -1.93. The van der Waals surface area contributed by atoms with Gasteiger partial charge in [0.25, 0.3) is 0 Å². The number of carbonyl (C=O) groups is 2. The topological polar surface area (TPSA) is 86.8 Å². The van der Waals surface area contributed by atoms with Crippen molar-refractivity contribution in [3.05, 3.63) is 23.8 Å². The summed E-state index contributed by atoms with van der Waals surface area (Å²) in [7, 11) is -3.63. The molecule has 8 heteroatoms. The Bertz CT molecular complexity index is 791. The minimum Gasteiger partial charge on any atom is -0.341 e. The first-order chi connectivity index (χ1) is 11.9. The van der Waals surface area contributed by atoms with Crippen molar-refractivity contribution in [2.75, 3.05) is 31.5 Å². The van der Waals surface area contributed by atoms with Gasteiger partial charge in [-0.05, 0) is 36.6 Å². The number of sulfonamides is 1. The van der Waals surface area contributed by atoms with Gasteiger partial charge in [-0.2, -0.15) is 4.31 Å². The first-order valence-corrected chi connectivity index (χ1v) is 10.1. The number of benzene rings is 1. The maximum atomic E-state index is 12.9. The summed E-state index contributed by atoms with van der Waals surface area (Å²) in [6.07, 6.45) is 2.12. The molecule has 1 aromatic rings. The minimum atomic E-state index is -3.63. The number of hydrogen-bond acceptors (Lipinski definition) is 4. The van der Waals surface area contributed by atoms with Gasteiger partial charge in [-0.1, -0.05) is 6.92 Å². The molecule has 1 aromatic carbocycles. The van der Waals surface area contributed by atoms with Crippen molar-refractivity contribution in [2.24, 2.45) is 0 Å². The number of hydrogen-bond donors (Lipinski definition) is 1. The van der Waals surface area contributed by atoms with Crippen LogP contribution in [0.2, 0.25) is 0 Å². The Morgan fingerprint density at radius 2 is 2.00 bits per heavy atom. The third-order valence-electron chi connectivity index (χ3n) is 4.61. The van der Waals surface area contributed by atoms with E-state index in [0.717, 1.165) is 6.42 Å². The van der Waals surface area contributed by atoms with Crippen molar-refractivity contribution in [2.45, 2.75) is 37.5 Å². The SMILES string of the molecule is CCCC(=O)N1CCCN(S(=O)(=O)c2ccc3c(c2)CC(=O)N3)CC1. The molecule has 3 rings (SSSR count). The van der Waals surface area contributed by atoms with Gasteiger partial charge in [0.05, 0.1) is 11.3 Å². The van der Waals surface area contributed by atoms with Crippen LogP contribution in [-0.2, 0) is 26.0 Å². The van der Waals surface area contributed by atoms with E-state index >= 15 is 0 Å². The first-order valence-electron chi connectivity index (χ1n) is 8.62. The lowest BCUT2D eigenvalue weighted by atomic mass is 10.2. The van der Waals surface area contributed by atoms with Crippen molar-refractivity contribution in [3.63, 3.8) is 0 Å². The molecule has 2 aliphatic heterocycles. The molecule has 0 atom stereocenters. The highest BCUT2D eigenvalue weighted by Gasteiger charge is 2.29. The highest BCUT2D eigenvalue weighted by atomic mass is 32.2. The Morgan fingerprint density at radius 1 is 1.20 bits per heavy atom. The molecule has 0 spiro atoms. The van der Waals surface area contributed by atoms with E-state index in [9.17, 15) is 18.0 Å². The van der Waals surface area contributed by atoms with E-state index < -0.39 is 10.0 Å². The van der Waals surface area contributed by atoms with Crippen LogP contribution in [0.15, 0.2) is 23.1 Å². The van der Waals surface area contributed by atoms with Gasteiger partial charge < -0.3 is 10.2 Å². The molecule has 1 saturated heterocycles. The second-order valence-electron chi connectivity index (χ2n) is 6.43. The molecule has 1 N–H and O–H groups in total. The van der Waals surface area contributed by atoms with Gasteiger partial charge in [0.1, 0.15) is 0 Å². The summed E-state index contributed by atoms with van der Waals surface area (Å²) in [4.78, 5) is 25.5. The number of amides is 2. The van der Waals surface area contributed by atoms with Crippen LogP contribution in [0.4, 0.5) is 5.69 Å². The number of nitrogens with zero attached hydrogens (tertiary/aromatic N) is 2. The van der Waals surface area contributed by atoms with Gasteiger partial charge in [0, 0.05) is 38.3 Å². The van der Waals surface area contributed by atoms with Crippen molar-refractivity contribution in [3.8, 4) is 0 Å². The van der Waals surface area contributed by atoms with Crippen molar-refractivity contribution in [1.82, 2.24) is 9.21 Å². The Morgan fingerprint density at radius 3 is 2.76 bits per heavy atom. The van der Waals surface area contributed by atoms with E-state index in [4.69, 9.17) is 0 Å². The molecule has 0 bridgehead atoms. The van der Waals surface area contributed by atoms with Crippen LogP contribution in [0.3, 0.4) is 0 Å². The van der Waals surface area contributed by atoms with E-state index in [1.165, 1.54) is 10.4 Å². The number of nitrogens with one attached hydrogen (secondary N) is 1. The average Bonchev–Trinajstić information content (AvgIpc) is 2.78. The van der Waals surface area contributed by atoms with Crippen LogP contribution in [0.25, 0.3) is 0 Å². The van der Waals surface area contributed by atoms with Crippen molar-refractivity contribution < 1.29 is 18.0 Å². The minimum absolute atomic E-state index is 0.0869. The lowest BCUT2D eigenvalue weighted by Gasteiger charge is -2.22. The largest absolute Gasteiger partial charge is 0.341 e. The zero-order valence-electron chi connectivity index (χ0n) is 14.3. The molecule has 1 fully saturated rings. The third-order valence-corrected chi connectivity index (χ3v) is 6.51. The fourth-order valence-electron chi connectivity index (χ4n) is 3.27. The van der Waals surface area contributed by atoms with Gasteiger partial charge in [0.2, 0.25) is 21.8 Å². The molecular weight excluding hydrogens is 342 g/mol. The molecule has 0 unspecified atom stereocenters. The summed E-state index contributed by atoms with van der Waals surface area (Å²) in [5, 5.41) is 2.70. The molecule has 2 heterocycles. The second kappa shape index (κ2) is 7.13. The van der Waals surface area contributed by atoms with Gasteiger partial charge in [-0.3, -0.25) is 9.59 Å². The smallest absolute Gasteiger partial charge is 0.243 e. The molecule has 25 heavy (non-hydrogen) atoms. The zero-order chi connectivity index (χ0) is 18.0. The van der Waals surface area contributed by atoms with Crippen LogP contribution < -0.4 is 5.32 Å². The highest BCUT2D eigenvalue weighted by Crippen LogP contribution is 2.27. The standard InChI is InChI=1S/C17H23N3O4S/c1-2-4-17(22)19-7-3-8-20(10-9-19)25(23,24)14-5-6-15-13(11-14)12-16(21)18-15/h5-6,11H,2-4,7-10,12H2,1H3,(H,18,21). The lowest BCUT2D eigenvalue weighted by Crippen LogP contribution is -2.37. The van der Waals surface area contributed by atoms with Crippen LogP contribution in [0, 0.1) is 0 Å². The monoisotopic (exact) mass is 365 g/mol. The Labute approximate surface area is 148 Å². The van der Waals surface area contributed by atoms with E-state index in [1.807, 2.05) is 6.92 Å². The van der Waals surface area contributed by atoms with Crippen molar-refractivity contribution >= 4 is 27.5 Å². The number of rotatable bonds is 4. The van der Waals surface area contributed by atoms with E-state index in [0.29, 0.717) is 50.3 Å². The van der Waals surface area contributed by atoms with Crippen LogP contribution in [-0.4, -0.2) is 55.6 Å². The molecular formula is C17H23N3O4S. The van der Waals surface area contributed by atoms with E-state index in [-0.39, 0.29) is 23.1 Å². The first kappa shape index (κ1) is 17.9. The molecule has 2 amide bonds. The fourth-order valence-corrected chi connectivity index (χ4v) is 4.79. The maximum Gasteiger partial charge on any atom is 0.243 e. The fraction of sp³-hybridized carbons (Fsp3) is 0.529. The molecule has 7 nitrogen and oxygen atoms in total. The van der Waals surface area contributed by atoms with E-state index in [2.05, 4.69) is 5.32 Å². The number of anilines is 1. The second-order valence-corrected chi connectivity index (χ2v) is 8.37. The Balaban J connectivity index is 1.76. The molecule has 0 aliphatic carbocycles. The molecule has 0 saturated carbocycles. The molecule has 0 aromatic heterocycles. The number of carbonyl (C=O) groups excluding carboxylic acids is 2. The van der Waals surface area contributed by atoms with Gasteiger partial charge in [-0.15, -0.1) is 0 Å². The summed E-state index contributed by atoms with van der Waals surface area (Å²) < 4.78 is 27.3. The summed E-state index contributed by atoms with van der Waals surface area (Å²) in [5.41, 5.74) is 1.39. The van der Waals surface area contributed by atoms with Crippen LogP contribution in [0.1, 0.15) is 31.7 Å². The maximum absolute atomic E-state index is 12.9. The zero-order valence-corrected chi connectivity index (χ0v) is 15.1. The predicted molar refractivity (Wildman–Crippen MR) is 93.6 cm³/mol. The summed E-state index contributed by atoms with van der Waals surface area (Å²) >= 11 is 0. The highest BCUT2D eigenvalue weighted by molar-refractivity contribution is 7.89. The van der Waals surface area contributed by atoms with E-state index in [1.54, 1.807) is 17.0 Å². The van der Waals surface area contributed by atoms with Gasteiger partial charge in [-0.25, -0.2) is 8.42 Å². The summed E-state index contributed by atoms with van der Waals surface area (Å²) in [6.45, 7) is 3.66. The lowest BCUT2D eigenvalue weighted by molar-refractivity contribution is -0.131. The van der Waals surface area contributed by atoms with Gasteiger partial charge >= 0.3 is 0 Å². The Kier molecular flexibility index (Phi) is 5.10. The summed E-state index contributed by atoms with van der Waals surface area (Å²) in [5.74, 6) is -0.0340. The molecule has 2 aliphatic rings. The average molecular weight is 365 g/mol. The van der Waals surface area contributed by atoms with Crippen LogP contribution in [0.5, 0.6) is 0 Å². The van der Waals surface area contributed by atoms with Crippen molar-refractivity contribution in [1.29, 1.82) is 0 Å².